The molecule has 1 aliphatic rings. The van der Waals surface area contributed by atoms with Crippen molar-refractivity contribution in [2.24, 2.45) is 0 Å². The average molecular weight is 453 g/mol. The van der Waals surface area contributed by atoms with Gasteiger partial charge in [0.05, 0.1) is 11.9 Å². The number of carbonyl (C=O) groups is 3. The van der Waals surface area contributed by atoms with E-state index in [-0.39, 0.29) is 12.1 Å². The number of urea groups is 1. The van der Waals surface area contributed by atoms with Gasteiger partial charge in [0, 0.05) is 30.9 Å². The monoisotopic (exact) mass is 453 g/mol. The molecule has 1 N–H and O–H groups in total. The Morgan fingerprint density at radius 3 is 2.61 bits per heavy atom. The first-order valence-corrected chi connectivity index (χ1v) is 10.1. The fourth-order valence-electron chi connectivity index (χ4n) is 3.69. The summed E-state index contributed by atoms with van der Waals surface area (Å²) in [5.41, 5.74) is -0.518. The number of carbonyl (C=O) groups excluding carboxylic acids is 3. The van der Waals surface area contributed by atoms with Crippen LogP contribution in [0.2, 0.25) is 0 Å². The predicted molar refractivity (Wildman–Crippen MR) is 114 cm³/mol. The molecule has 4 rings (SSSR count). The first-order chi connectivity index (χ1) is 15.7. The van der Waals surface area contributed by atoms with Gasteiger partial charge >= 0.3 is 6.03 Å². The smallest absolute Gasteiger partial charge is 0.325 e. The highest BCUT2D eigenvalue weighted by Crippen LogP contribution is 2.31. The quantitative estimate of drug-likeness (QED) is 0.582. The molecule has 1 fully saturated rings. The predicted octanol–water partition coefficient (Wildman–Crippen LogP) is 2.58. The van der Waals surface area contributed by atoms with Crippen LogP contribution in [0.15, 0.2) is 60.9 Å². The molecule has 1 aromatic heterocycles. The zero-order valence-corrected chi connectivity index (χ0v) is 18.0. The maximum absolute atomic E-state index is 14.3. The Balaban J connectivity index is 1.45. The Morgan fingerprint density at radius 2 is 1.88 bits per heavy atom. The van der Waals surface area contributed by atoms with Crippen LogP contribution in [-0.2, 0) is 21.7 Å². The molecule has 0 spiro atoms. The number of aromatic nitrogens is 2. The van der Waals surface area contributed by atoms with E-state index >= 15 is 0 Å². The van der Waals surface area contributed by atoms with E-state index in [4.69, 9.17) is 0 Å². The molecule has 1 atom stereocenters. The Bertz CT molecular complexity index is 1230. The van der Waals surface area contributed by atoms with E-state index in [9.17, 15) is 23.2 Å². The number of hydrogen-bond donors (Lipinski definition) is 1. The van der Waals surface area contributed by atoms with Crippen LogP contribution in [0, 0.1) is 11.6 Å². The van der Waals surface area contributed by atoms with Crippen LogP contribution in [0.1, 0.15) is 18.1 Å². The topological polar surface area (TPSA) is 87.5 Å². The van der Waals surface area contributed by atoms with Gasteiger partial charge in [0.15, 0.2) is 0 Å². The van der Waals surface area contributed by atoms with Gasteiger partial charge in [0.2, 0.25) is 5.91 Å². The molecule has 170 valence electrons. The largest absolute Gasteiger partial charge is 0.340 e. The molecular weight excluding hydrogens is 432 g/mol. The summed E-state index contributed by atoms with van der Waals surface area (Å²) >= 11 is 0. The highest BCUT2D eigenvalue weighted by molar-refractivity contribution is 6.09. The minimum atomic E-state index is -1.82. The summed E-state index contributed by atoms with van der Waals surface area (Å²) in [7, 11) is 1.53. The molecule has 10 heteroatoms. The summed E-state index contributed by atoms with van der Waals surface area (Å²) in [5.74, 6) is -2.93. The number of benzene rings is 2. The van der Waals surface area contributed by atoms with E-state index in [1.54, 1.807) is 17.1 Å². The van der Waals surface area contributed by atoms with Gasteiger partial charge < -0.3 is 10.2 Å². The molecule has 1 saturated heterocycles. The Morgan fingerprint density at radius 1 is 1.15 bits per heavy atom. The lowest BCUT2D eigenvalue weighted by Crippen LogP contribution is -2.44. The fourth-order valence-corrected chi connectivity index (χ4v) is 3.69. The van der Waals surface area contributed by atoms with Crippen molar-refractivity contribution in [2.45, 2.75) is 19.0 Å². The lowest BCUT2D eigenvalue weighted by Gasteiger charge is -2.23. The number of para-hydroxylation sites is 1. The van der Waals surface area contributed by atoms with Crippen LogP contribution in [0.4, 0.5) is 13.6 Å². The molecule has 4 amide bonds. The molecular formula is C23H21F2N5O3. The van der Waals surface area contributed by atoms with Crippen LogP contribution < -0.4 is 5.32 Å². The number of nitrogens with one attached hydrogen (secondary N) is 1. The maximum Gasteiger partial charge on any atom is 0.325 e. The molecule has 2 heterocycles. The van der Waals surface area contributed by atoms with Gasteiger partial charge in [-0.3, -0.25) is 14.5 Å². The molecule has 3 aromatic rings. The van der Waals surface area contributed by atoms with Crippen LogP contribution in [0.3, 0.4) is 0 Å². The van der Waals surface area contributed by atoms with Gasteiger partial charge in [0.25, 0.3) is 5.91 Å². The molecule has 0 unspecified atom stereocenters. The maximum atomic E-state index is 14.3. The first kappa shape index (κ1) is 22.1. The molecule has 0 radical (unpaired) electrons. The number of nitrogens with zero attached hydrogens (tertiary/aromatic N) is 4. The van der Waals surface area contributed by atoms with E-state index in [1.165, 1.54) is 18.9 Å². The second-order valence-electron chi connectivity index (χ2n) is 7.95. The normalized spacial score (nSPS) is 17.9. The highest BCUT2D eigenvalue weighted by atomic mass is 19.1. The van der Waals surface area contributed by atoms with E-state index in [1.807, 2.05) is 30.3 Å². The SMILES string of the molecule is CN(Cc1cnn(-c2ccccc2)c1)C(=O)CN1C(=O)N[C@@](C)(c2cc(F)ccc2F)C1=O. The van der Waals surface area contributed by atoms with Crippen LogP contribution in [-0.4, -0.2) is 51.0 Å². The number of rotatable bonds is 6. The number of likely N-dealkylation sites (N-methyl/N-ethyl adjacent to an activating group) is 1. The molecule has 33 heavy (non-hydrogen) atoms. The van der Waals surface area contributed by atoms with Gasteiger partial charge in [-0.1, -0.05) is 18.2 Å². The van der Waals surface area contributed by atoms with Gasteiger partial charge in [-0.2, -0.15) is 5.10 Å². The lowest BCUT2D eigenvalue weighted by molar-refractivity contribution is -0.138. The summed E-state index contributed by atoms with van der Waals surface area (Å²) in [4.78, 5) is 40.2. The second-order valence-corrected chi connectivity index (χ2v) is 7.95. The highest BCUT2D eigenvalue weighted by Gasteiger charge is 2.51. The van der Waals surface area contributed by atoms with Gasteiger partial charge in [-0.05, 0) is 37.3 Å². The van der Waals surface area contributed by atoms with Crippen molar-refractivity contribution in [2.75, 3.05) is 13.6 Å². The molecule has 1 aliphatic heterocycles. The summed E-state index contributed by atoms with van der Waals surface area (Å²) in [5, 5.41) is 6.65. The number of imide groups is 1. The van der Waals surface area contributed by atoms with Crippen LogP contribution >= 0.6 is 0 Å². The lowest BCUT2D eigenvalue weighted by atomic mass is 9.91. The van der Waals surface area contributed by atoms with Gasteiger partial charge in [-0.25, -0.2) is 18.3 Å². The number of amides is 4. The van der Waals surface area contributed by atoms with Crippen molar-refractivity contribution in [3.05, 3.63) is 83.7 Å². The van der Waals surface area contributed by atoms with Crippen molar-refractivity contribution in [1.82, 2.24) is 24.9 Å². The Labute approximate surface area is 188 Å². The molecule has 0 bridgehead atoms. The number of hydrogen-bond acceptors (Lipinski definition) is 4. The summed E-state index contributed by atoms with van der Waals surface area (Å²) in [6.07, 6.45) is 3.39. The zero-order chi connectivity index (χ0) is 23.8. The minimum Gasteiger partial charge on any atom is -0.340 e. The van der Waals surface area contributed by atoms with E-state index in [0.29, 0.717) is 4.90 Å². The molecule has 0 saturated carbocycles. The van der Waals surface area contributed by atoms with Gasteiger partial charge in [0.1, 0.15) is 23.7 Å². The Kier molecular flexibility index (Phi) is 5.67. The van der Waals surface area contributed by atoms with Crippen LogP contribution in [0.25, 0.3) is 5.69 Å². The van der Waals surface area contributed by atoms with E-state index in [2.05, 4.69) is 10.4 Å². The van der Waals surface area contributed by atoms with Crippen molar-refractivity contribution >= 4 is 17.8 Å². The first-order valence-electron chi connectivity index (χ1n) is 10.1. The Hall–Kier alpha value is -4.08. The molecule has 8 nitrogen and oxygen atoms in total. The second kappa shape index (κ2) is 8.45. The third kappa shape index (κ3) is 4.19. The van der Waals surface area contributed by atoms with Crippen molar-refractivity contribution in [1.29, 1.82) is 0 Å². The third-order valence-electron chi connectivity index (χ3n) is 5.54. The fraction of sp³-hybridized carbons (Fsp3) is 0.217. The average Bonchev–Trinajstić information content (AvgIpc) is 3.34. The van der Waals surface area contributed by atoms with Crippen molar-refractivity contribution in [3.8, 4) is 5.69 Å². The summed E-state index contributed by atoms with van der Waals surface area (Å²) < 4.78 is 29.6. The summed E-state index contributed by atoms with van der Waals surface area (Å²) in [6, 6.07) is 11.2. The number of halogens is 2. The zero-order valence-electron chi connectivity index (χ0n) is 18.0. The van der Waals surface area contributed by atoms with Crippen molar-refractivity contribution in [3.63, 3.8) is 0 Å². The third-order valence-corrected chi connectivity index (χ3v) is 5.54. The standard InChI is InChI=1S/C23H21F2N5O3/c1-23(18-10-16(24)8-9-19(18)25)21(32)29(22(33)27-23)14-20(31)28(2)12-15-11-26-30(13-15)17-6-4-3-5-7-17/h3-11,13H,12,14H2,1-2H3,(H,27,33)/t23-/m0/s1. The van der Waals surface area contributed by atoms with Crippen LogP contribution in [0.5, 0.6) is 0 Å². The van der Waals surface area contributed by atoms with E-state index < -0.39 is 41.6 Å². The van der Waals surface area contributed by atoms with Crippen molar-refractivity contribution < 1.29 is 23.2 Å². The molecule has 2 aromatic carbocycles. The van der Waals surface area contributed by atoms with Gasteiger partial charge in [-0.15, -0.1) is 0 Å². The summed E-state index contributed by atoms with van der Waals surface area (Å²) in [6.45, 7) is 0.933. The molecule has 0 aliphatic carbocycles. The van der Waals surface area contributed by atoms with E-state index in [0.717, 1.165) is 29.4 Å². The minimum absolute atomic E-state index is 0.200.